The molecule has 0 saturated carbocycles. The molecular weight excluding hydrogens is 384 g/mol. The zero-order chi connectivity index (χ0) is 21.3. The van der Waals surface area contributed by atoms with E-state index in [2.05, 4.69) is 45.5 Å². The predicted octanol–water partition coefficient (Wildman–Crippen LogP) is 3.24. The molecule has 9 heteroatoms. The fraction of sp³-hybridized carbons (Fsp3) is 0.429. The van der Waals surface area contributed by atoms with E-state index in [0.29, 0.717) is 30.5 Å². The van der Waals surface area contributed by atoms with Crippen LogP contribution in [0.3, 0.4) is 0 Å². The number of aryl methyl sites for hydroxylation is 2. The lowest BCUT2D eigenvalue weighted by Gasteiger charge is -2.36. The summed E-state index contributed by atoms with van der Waals surface area (Å²) in [5, 5.41) is 14.9. The minimum Gasteiger partial charge on any atom is -0.442 e. The van der Waals surface area contributed by atoms with E-state index < -0.39 is 11.6 Å². The van der Waals surface area contributed by atoms with Crippen LogP contribution < -0.4 is 5.32 Å². The number of hydrogen-bond donors (Lipinski definition) is 2. The van der Waals surface area contributed by atoms with E-state index in [1.54, 1.807) is 6.92 Å². The molecule has 2 aromatic heterocycles. The second-order valence-electron chi connectivity index (χ2n) is 7.30. The number of benzene rings is 1. The van der Waals surface area contributed by atoms with Crippen LogP contribution in [0.4, 0.5) is 4.79 Å². The van der Waals surface area contributed by atoms with E-state index in [1.165, 1.54) is 5.01 Å². The van der Waals surface area contributed by atoms with Crippen LogP contribution in [0, 0.1) is 13.8 Å². The monoisotopic (exact) mass is 410 g/mol. The van der Waals surface area contributed by atoms with Gasteiger partial charge in [-0.15, -0.1) is 0 Å². The number of fused-ring (bicyclic) bond motifs is 1. The molecule has 2 N–H and O–H groups in total. The number of carbonyl (C=O) groups is 1. The number of ether oxygens (including phenoxy) is 1. The maximum absolute atomic E-state index is 12.1. The maximum Gasteiger partial charge on any atom is 0.430 e. The maximum atomic E-state index is 12.1. The number of hydrogen-bond acceptors (Lipinski definition) is 7. The molecule has 1 aliphatic heterocycles. The van der Waals surface area contributed by atoms with Crippen molar-refractivity contribution in [2.45, 2.75) is 39.7 Å². The van der Waals surface area contributed by atoms with Gasteiger partial charge >= 0.3 is 6.09 Å². The molecular formula is C21H26N6O3. The number of aromatic nitrogens is 3. The van der Waals surface area contributed by atoms with Crippen LogP contribution in [0.5, 0.6) is 0 Å². The van der Waals surface area contributed by atoms with Gasteiger partial charge in [-0.1, -0.05) is 30.3 Å². The molecule has 3 heterocycles. The highest BCUT2D eigenvalue weighted by Gasteiger charge is 2.48. The highest BCUT2D eigenvalue weighted by atomic mass is 16.6. The van der Waals surface area contributed by atoms with Gasteiger partial charge in [-0.25, -0.2) is 4.79 Å². The molecule has 0 bridgehead atoms. The average molecular weight is 410 g/mol. The molecule has 1 aromatic carbocycles. The lowest BCUT2D eigenvalue weighted by Crippen LogP contribution is -2.56. The molecule has 4 rings (SSSR count). The molecule has 0 radical (unpaired) electrons. The van der Waals surface area contributed by atoms with E-state index in [4.69, 9.17) is 9.26 Å². The zero-order valence-electron chi connectivity index (χ0n) is 17.7. The first kappa shape index (κ1) is 20.1. The van der Waals surface area contributed by atoms with Gasteiger partial charge in [-0.3, -0.25) is 5.32 Å². The van der Waals surface area contributed by atoms with Gasteiger partial charge in [0, 0.05) is 24.4 Å². The van der Waals surface area contributed by atoms with E-state index in [0.717, 1.165) is 28.6 Å². The topological polar surface area (TPSA) is 109 Å². The summed E-state index contributed by atoms with van der Waals surface area (Å²) in [6.45, 7) is 8.82. The smallest absolute Gasteiger partial charge is 0.430 e. The third kappa shape index (κ3) is 3.15. The third-order valence-corrected chi connectivity index (χ3v) is 5.36. The number of H-pyrrole nitrogens is 1. The van der Waals surface area contributed by atoms with Crippen LogP contribution >= 0.6 is 0 Å². The van der Waals surface area contributed by atoms with E-state index in [9.17, 15) is 4.79 Å². The van der Waals surface area contributed by atoms with Crippen molar-refractivity contribution in [3.63, 3.8) is 0 Å². The molecule has 1 amide bonds. The highest BCUT2D eigenvalue weighted by Crippen LogP contribution is 2.36. The van der Waals surface area contributed by atoms with Gasteiger partial charge < -0.3 is 14.2 Å². The van der Waals surface area contributed by atoms with Gasteiger partial charge in [0.2, 0.25) is 11.7 Å². The molecule has 1 aliphatic rings. The number of carbonyl (C=O) groups excluding carboxylic acids is 1. The number of rotatable bonds is 7. The van der Waals surface area contributed by atoms with Crippen molar-refractivity contribution in [1.82, 2.24) is 25.5 Å². The van der Waals surface area contributed by atoms with E-state index in [1.807, 2.05) is 25.1 Å². The number of nitrogens with one attached hydrogen (secondary N) is 2. The third-order valence-electron chi connectivity index (χ3n) is 5.36. The lowest BCUT2D eigenvalue weighted by atomic mass is 9.85. The summed E-state index contributed by atoms with van der Waals surface area (Å²) in [4.78, 5) is 20.2. The molecule has 1 atom stereocenters. The second-order valence-corrected chi connectivity index (χ2v) is 7.30. The number of cyclic esters (lactones) is 1. The first-order valence-corrected chi connectivity index (χ1v) is 10.2. The van der Waals surface area contributed by atoms with Gasteiger partial charge in [0.25, 0.3) is 0 Å². The Morgan fingerprint density at radius 2 is 2.07 bits per heavy atom. The number of amides is 1. The number of hydrazone groups is 1. The molecule has 9 nitrogen and oxygen atoms in total. The number of aromatic amines is 1. The Kier molecular flexibility index (Phi) is 5.29. The predicted molar refractivity (Wildman–Crippen MR) is 112 cm³/mol. The molecule has 1 unspecified atom stereocenters. The van der Waals surface area contributed by atoms with Gasteiger partial charge in [-0.05, 0) is 38.4 Å². The van der Waals surface area contributed by atoms with Crippen LogP contribution in [0.25, 0.3) is 10.9 Å². The Morgan fingerprint density at radius 1 is 1.27 bits per heavy atom. The Bertz CT molecular complexity index is 1100. The van der Waals surface area contributed by atoms with Crippen LogP contribution in [0.15, 0.2) is 33.9 Å². The molecule has 0 aliphatic carbocycles. The van der Waals surface area contributed by atoms with Crippen LogP contribution in [0.1, 0.15) is 43.2 Å². The molecule has 0 fully saturated rings. The van der Waals surface area contributed by atoms with Crippen molar-refractivity contribution < 1.29 is 14.1 Å². The molecule has 3 aromatic rings. The Balaban J connectivity index is 2.02. The van der Waals surface area contributed by atoms with Crippen LogP contribution in [-0.4, -0.2) is 51.6 Å². The first-order chi connectivity index (χ1) is 14.5. The molecule has 0 saturated heterocycles. The number of para-hydroxylation sites is 1. The van der Waals surface area contributed by atoms with Crippen LogP contribution in [0.2, 0.25) is 0 Å². The lowest BCUT2D eigenvalue weighted by molar-refractivity contribution is 0.106. The van der Waals surface area contributed by atoms with Gasteiger partial charge in [-0.2, -0.15) is 15.1 Å². The van der Waals surface area contributed by atoms with E-state index in [-0.39, 0.29) is 6.61 Å². The largest absolute Gasteiger partial charge is 0.442 e. The summed E-state index contributed by atoms with van der Waals surface area (Å²) in [6, 6.07) is 8.09. The quantitative estimate of drug-likeness (QED) is 0.619. The fourth-order valence-corrected chi connectivity index (χ4v) is 3.88. The Hall–Kier alpha value is -3.20. The summed E-state index contributed by atoms with van der Waals surface area (Å²) >= 11 is 0. The minimum absolute atomic E-state index is 0.0223. The van der Waals surface area contributed by atoms with Crippen molar-refractivity contribution in [3.8, 4) is 0 Å². The van der Waals surface area contributed by atoms with Crippen molar-refractivity contribution in [2.75, 3.05) is 19.7 Å². The van der Waals surface area contributed by atoms with Crippen molar-refractivity contribution >= 4 is 22.7 Å². The van der Waals surface area contributed by atoms with Crippen molar-refractivity contribution in [3.05, 3.63) is 47.2 Å². The van der Waals surface area contributed by atoms with Gasteiger partial charge in [0.15, 0.2) is 5.54 Å². The van der Waals surface area contributed by atoms with Gasteiger partial charge in [0.05, 0.1) is 5.69 Å². The summed E-state index contributed by atoms with van der Waals surface area (Å²) in [5.41, 5.74) is 2.44. The molecule has 158 valence electrons. The molecule has 0 spiro atoms. The SMILES string of the molecule is CCCNC(C1=NN(CC)C(=O)OC1)(c1noc(C)n1)c1[nH]c2ccccc2c1C. The average Bonchev–Trinajstić information content (AvgIpc) is 3.34. The standard InChI is InChI=1S/C21H26N6O3/c1-5-11-22-21(19-23-14(4)30-26-19,17-12-29-20(28)27(6-2)25-17)18-13(3)15-9-7-8-10-16(15)24-18/h7-10,22,24H,5-6,11-12H2,1-4H3. The first-order valence-electron chi connectivity index (χ1n) is 10.2. The summed E-state index contributed by atoms with van der Waals surface area (Å²) < 4.78 is 10.8. The highest BCUT2D eigenvalue weighted by molar-refractivity contribution is 6.01. The minimum atomic E-state index is -1.04. The van der Waals surface area contributed by atoms with Crippen LogP contribution in [-0.2, 0) is 10.3 Å². The second kappa shape index (κ2) is 7.91. The summed E-state index contributed by atoms with van der Waals surface area (Å²) in [5.74, 6) is 0.873. The summed E-state index contributed by atoms with van der Waals surface area (Å²) in [6.07, 6.45) is 0.408. The zero-order valence-corrected chi connectivity index (χ0v) is 17.7. The molecule has 30 heavy (non-hydrogen) atoms. The van der Waals surface area contributed by atoms with Gasteiger partial charge in [0.1, 0.15) is 12.3 Å². The van der Waals surface area contributed by atoms with E-state index >= 15 is 0 Å². The Morgan fingerprint density at radius 3 is 2.73 bits per heavy atom. The van der Waals surface area contributed by atoms with Crippen molar-refractivity contribution in [2.24, 2.45) is 5.10 Å². The normalized spacial score (nSPS) is 16.5. The fourth-order valence-electron chi connectivity index (χ4n) is 3.88. The Labute approximate surface area is 174 Å². The number of nitrogens with zero attached hydrogens (tertiary/aromatic N) is 4. The van der Waals surface area contributed by atoms with Crippen molar-refractivity contribution in [1.29, 1.82) is 0 Å². The summed E-state index contributed by atoms with van der Waals surface area (Å²) in [7, 11) is 0.